The van der Waals surface area contributed by atoms with Crippen molar-refractivity contribution in [3.8, 4) is 0 Å². The Morgan fingerprint density at radius 2 is 1.27 bits per heavy atom. The van der Waals surface area contributed by atoms with Crippen molar-refractivity contribution in [2.75, 3.05) is 0 Å². The van der Waals surface area contributed by atoms with Crippen LogP contribution in [0.15, 0.2) is 53.3 Å². The van der Waals surface area contributed by atoms with E-state index in [0.717, 1.165) is 21.8 Å². The van der Waals surface area contributed by atoms with Gasteiger partial charge in [-0.2, -0.15) is 13.2 Å². The minimum atomic E-state index is -5.08. The van der Waals surface area contributed by atoms with Crippen molar-refractivity contribution in [2.45, 2.75) is 6.18 Å². The zero-order valence-electron chi connectivity index (χ0n) is 11.0. The van der Waals surface area contributed by atoms with E-state index >= 15 is 0 Å². The van der Waals surface area contributed by atoms with Gasteiger partial charge in [-0.25, -0.2) is 4.79 Å². The number of hydrogen-bond donors (Lipinski definition) is 2. The molecule has 0 saturated heterocycles. The summed E-state index contributed by atoms with van der Waals surface area (Å²) >= 11 is 0. The lowest BCUT2D eigenvalue weighted by Crippen LogP contribution is -2.21. The van der Waals surface area contributed by atoms with Crippen LogP contribution < -0.4 is 5.43 Å². The number of alkyl halides is 3. The van der Waals surface area contributed by atoms with E-state index in [9.17, 15) is 18.0 Å². The first-order valence-electron chi connectivity index (χ1n) is 6.10. The number of carboxylic acids is 1. The molecule has 0 radical (unpaired) electrons. The second-order valence-electron chi connectivity index (χ2n) is 4.35. The molecule has 0 spiro atoms. The van der Waals surface area contributed by atoms with Crippen LogP contribution in [-0.4, -0.2) is 22.2 Å². The quantitative estimate of drug-likeness (QED) is 0.626. The molecule has 0 atom stereocenters. The Kier molecular flexibility index (Phi) is 4.16. The third kappa shape index (κ3) is 3.25. The number of fused-ring (bicyclic) bond motifs is 2. The van der Waals surface area contributed by atoms with E-state index in [2.05, 4.69) is 4.98 Å². The van der Waals surface area contributed by atoms with Crippen LogP contribution in [0.2, 0.25) is 0 Å². The number of carboxylic acid groups (broad SMARTS) is 1. The fourth-order valence-corrected chi connectivity index (χ4v) is 1.87. The van der Waals surface area contributed by atoms with Gasteiger partial charge < -0.3 is 10.1 Å². The molecule has 1 heterocycles. The Morgan fingerprint density at radius 3 is 1.64 bits per heavy atom. The van der Waals surface area contributed by atoms with Gasteiger partial charge in [-0.05, 0) is 24.3 Å². The first-order valence-corrected chi connectivity index (χ1v) is 6.10. The lowest BCUT2D eigenvalue weighted by atomic mass is 10.1. The van der Waals surface area contributed by atoms with Crippen LogP contribution in [-0.2, 0) is 4.79 Å². The first-order chi connectivity index (χ1) is 10.3. The van der Waals surface area contributed by atoms with Crippen LogP contribution in [0.25, 0.3) is 21.8 Å². The number of halogens is 3. The van der Waals surface area contributed by atoms with Gasteiger partial charge in [-0.1, -0.05) is 24.3 Å². The summed E-state index contributed by atoms with van der Waals surface area (Å²) in [4.78, 5) is 24.2. The molecule has 0 aliphatic heterocycles. The Hall–Kier alpha value is -2.83. The molecule has 114 valence electrons. The fourth-order valence-electron chi connectivity index (χ4n) is 1.87. The maximum atomic E-state index is 12.1. The molecule has 2 aromatic carbocycles. The van der Waals surface area contributed by atoms with E-state index in [-0.39, 0.29) is 5.43 Å². The molecule has 0 aliphatic carbocycles. The Morgan fingerprint density at radius 1 is 0.909 bits per heavy atom. The molecular weight excluding hydrogens is 299 g/mol. The second kappa shape index (κ2) is 5.88. The maximum Gasteiger partial charge on any atom is 0.490 e. The molecule has 3 rings (SSSR count). The highest BCUT2D eigenvalue weighted by atomic mass is 19.4. The van der Waals surface area contributed by atoms with Crippen molar-refractivity contribution in [1.82, 2.24) is 4.98 Å². The van der Waals surface area contributed by atoms with Gasteiger partial charge in [-0.15, -0.1) is 0 Å². The minimum absolute atomic E-state index is 0.0972. The zero-order chi connectivity index (χ0) is 16.3. The van der Waals surface area contributed by atoms with E-state index < -0.39 is 12.1 Å². The Labute approximate surface area is 121 Å². The average molecular weight is 309 g/mol. The topological polar surface area (TPSA) is 70.2 Å². The fraction of sp³-hybridized carbons (Fsp3) is 0.0667. The average Bonchev–Trinajstić information content (AvgIpc) is 2.47. The lowest BCUT2D eigenvalue weighted by Gasteiger charge is -2.01. The molecule has 22 heavy (non-hydrogen) atoms. The number of aliphatic carboxylic acids is 1. The van der Waals surface area contributed by atoms with Gasteiger partial charge in [-0.3, -0.25) is 4.79 Å². The third-order valence-electron chi connectivity index (χ3n) is 2.86. The normalized spacial score (nSPS) is 11.0. The van der Waals surface area contributed by atoms with Crippen molar-refractivity contribution < 1.29 is 23.1 Å². The van der Waals surface area contributed by atoms with Crippen molar-refractivity contribution in [1.29, 1.82) is 0 Å². The molecule has 3 aromatic rings. The maximum absolute atomic E-state index is 12.1. The summed E-state index contributed by atoms with van der Waals surface area (Å²) in [5, 5.41) is 8.62. The number of pyridine rings is 1. The van der Waals surface area contributed by atoms with E-state index in [1.165, 1.54) is 0 Å². The molecule has 2 N–H and O–H groups in total. The number of aromatic amines is 1. The van der Waals surface area contributed by atoms with Crippen LogP contribution in [0.3, 0.4) is 0 Å². The van der Waals surface area contributed by atoms with E-state index in [1.54, 1.807) is 0 Å². The predicted octanol–water partition coefficient (Wildman–Crippen LogP) is 3.31. The number of rotatable bonds is 0. The van der Waals surface area contributed by atoms with Crippen molar-refractivity contribution in [3.05, 3.63) is 58.8 Å². The number of nitrogens with one attached hydrogen (secondary N) is 1. The summed E-state index contributed by atoms with van der Waals surface area (Å²) in [5.74, 6) is -2.76. The van der Waals surface area contributed by atoms with Crippen molar-refractivity contribution >= 4 is 27.8 Å². The van der Waals surface area contributed by atoms with Crippen molar-refractivity contribution in [3.63, 3.8) is 0 Å². The van der Waals surface area contributed by atoms with Gasteiger partial charge in [0, 0.05) is 21.8 Å². The SMILES string of the molecule is O=C(O)C(F)(F)F.O=c1c2ccccc2[nH]c2ccccc12. The number of carbonyl (C=O) groups is 1. The van der Waals surface area contributed by atoms with Crippen LogP contribution >= 0.6 is 0 Å². The molecule has 4 nitrogen and oxygen atoms in total. The smallest absolute Gasteiger partial charge is 0.475 e. The molecule has 0 aliphatic rings. The standard InChI is InChI=1S/C13H9NO.C2HF3O2/c15-13-9-5-1-3-7-11(9)14-12-8-4-2-6-10(12)13;3-2(4,5)1(6)7/h1-8H,(H,14,15);(H,6,7). The van der Waals surface area contributed by atoms with Gasteiger partial charge in [0.05, 0.1) is 0 Å². The van der Waals surface area contributed by atoms with Gasteiger partial charge in [0.1, 0.15) is 0 Å². The number of hydrogen-bond acceptors (Lipinski definition) is 2. The minimum Gasteiger partial charge on any atom is -0.475 e. The summed E-state index contributed by atoms with van der Waals surface area (Å²) in [6.45, 7) is 0. The second-order valence-corrected chi connectivity index (χ2v) is 4.35. The van der Waals surface area contributed by atoms with E-state index in [1.807, 2.05) is 48.5 Å². The van der Waals surface area contributed by atoms with Crippen LogP contribution in [0.1, 0.15) is 0 Å². The van der Waals surface area contributed by atoms with Crippen LogP contribution in [0, 0.1) is 0 Å². The highest BCUT2D eigenvalue weighted by Gasteiger charge is 2.38. The molecule has 0 amide bonds. The highest BCUT2D eigenvalue weighted by Crippen LogP contribution is 2.14. The molecule has 0 bridgehead atoms. The van der Waals surface area contributed by atoms with Gasteiger partial charge in [0.15, 0.2) is 5.43 Å². The third-order valence-corrected chi connectivity index (χ3v) is 2.86. The summed E-state index contributed by atoms with van der Waals surface area (Å²) in [7, 11) is 0. The lowest BCUT2D eigenvalue weighted by molar-refractivity contribution is -0.192. The van der Waals surface area contributed by atoms with E-state index in [0.29, 0.717) is 0 Å². The molecule has 0 saturated carbocycles. The first kappa shape index (κ1) is 15.6. The zero-order valence-corrected chi connectivity index (χ0v) is 11.0. The summed E-state index contributed by atoms with van der Waals surface area (Å²) < 4.78 is 31.7. The van der Waals surface area contributed by atoms with Gasteiger partial charge in [0.25, 0.3) is 0 Å². The highest BCUT2D eigenvalue weighted by molar-refractivity contribution is 5.92. The van der Waals surface area contributed by atoms with Gasteiger partial charge >= 0.3 is 12.1 Å². The molecule has 0 fully saturated rings. The molecular formula is C15H10F3NO3. The van der Waals surface area contributed by atoms with Crippen molar-refractivity contribution in [2.24, 2.45) is 0 Å². The van der Waals surface area contributed by atoms with Crippen LogP contribution in [0.4, 0.5) is 13.2 Å². The van der Waals surface area contributed by atoms with Crippen LogP contribution in [0.5, 0.6) is 0 Å². The Balaban J connectivity index is 0.000000217. The Bertz CT molecular complexity index is 827. The summed E-state index contributed by atoms with van der Waals surface area (Å²) in [6.07, 6.45) is -5.08. The van der Waals surface area contributed by atoms with Gasteiger partial charge in [0.2, 0.25) is 0 Å². The molecule has 7 heteroatoms. The largest absolute Gasteiger partial charge is 0.490 e. The molecule has 1 aromatic heterocycles. The predicted molar refractivity (Wildman–Crippen MR) is 75.8 cm³/mol. The summed E-state index contributed by atoms with van der Waals surface area (Å²) in [5.41, 5.74) is 1.88. The number of aromatic nitrogens is 1. The number of H-pyrrole nitrogens is 1. The monoisotopic (exact) mass is 309 g/mol. The summed E-state index contributed by atoms with van der Waals surface area (Å²) in [6, 6.07) is 15.1. The number of para-hydroxylation sites is 2. The van der Waals surface area contributed by atoms with E-state index in [4.69, 9.17) is 9.90 Å². The number of benzene rings is 2. The molecule has 0 unspecified atom stereocenters.